The predicted molar refractivity (Wildman–Crippen MR) is 76.5 cm³/mol. The van der Waals surface area contributed by atoms with Gasteiger partial charge in [0.2, 0.25) is 0 Å². The zero-order chi connectivity index (χ0) is 14.7. The first-order chi connectivity index (χ1) is 9.54. The quantitative estimate of drug-likeness (QED) is 0.816. The standard InChI is InChI=1S/C14H18N4O2/c1-3-4-7-18-13(12(14(19)20)16-17-18)10-6-5-9(2)11(15)8-10/h5-6,8H,3-4,7,15H2,1-2H3,(H,19,20). The van der Waals surface area contributed by atoms with Crippen LogP contribution in [0.25, 0.3) is 11.3 Å². The SMILES string of the molecule is CCCCn1nnc(C(=O)O)c1-c1ccc(C)c(N)c1. The van der Waals surface area contributed by atoms with E-state index >= 15 is 0 Å². The van der Waals surface area contributed by atoms with Crippen molar-refractivity contribution in [2.75, 3.05) is 5.73 Å². The molecule has 0 spiro atoms. The molecule has 0 aliphatic carbocycles. The van der Waals surface area contributed by atoms with Gasteiger partial charge in [-0.3, -0.25) is 0 Å². The van der Waals surface area contributed by atoms with Gasteiger partial charge in [-0.15, -0.1) is 5.10 Å². The smallest absolute Gasteiger partial charge is 0.358 e. The molecule has 0 radical (unpaired) electrons. The number of carboxylic acids is 1. The van der Waals surface area contributed by atoms with Gasteiger partial charge in [-0.2, -0.15) is 0 Å². The number of nitrogen functional groups attached to an aromatic ring is 1. The summed E-state index contributed by atoms with van der Waals surface area (Å²) in [7, 11) is 0. The maximum absolute atomic E-state index is 11.3. The van der Waals surface area contributed by atoms with E-state index < -0.39 is 5.97 Å². The van der Waals surface area contributed by atoms with Crippen LogP contribution in [0.3, 0.4) is 0 Å². The van der Waals surface area contributed by atoms with E-state index in [1.54, 1.807) is 10.7 Å². The summed E-state index contributed by atoms with van der Waals surface area (Å²) >= 11 is 0. The van der Waals surface area contributed by atoms with Crippen LogP contribution < -0.4 is 5.73 Å². The second-order valence-corrected chi connectivity index (χ2v) is 4.74. The second kappa shape index (κ2) is 5.73. The third-order valence-electron chi connectivity index (χ3n) is 3.21. The lowest BCUT2D eigenvalue weighted by molar-refractivity contribution is 0.0691. The molecule has 0 aliphatic rings. The van der Waals surface area contributed by atoms with E-state index in [4.69, 9.17) is 5.73 Å². The van der Waals surface area contributed by atoms with E-state index in [9.17, 15) is 9.90 Å². The number of carboxylic acid groups (broad SMARTS) is 1. The van der Waals surface area contributed by atoms with E-state index in [0.29, 0.717) is 17.9 Å². The number of carbonyl (C=O) groups is 1. The lowest BCUT2D eigenvalue weighted by atomic mass is 10.1. The summed E-state index contributed by atoms with van der Waals surface area (Å²) in [6.07, 6.45) is 1.91. The summed E-state index contributed by atoms with van der Waals surface area (Å²) < 4.78 is 1.64. The van der Waals surface area contributed by atoms with Crippen LogP contribution in [0.15, 0.2) is 18.2 Å². The number of aromatic carboxylic acids is 1. The summed E-state index contributed by atoms with van der Waals surface area (Å²) in [6, 6.07) is 5.48. The van der Waals surface area contributed by atoms with Gasteiger partial charge in [0.15, 0.2) is 5.69 Å². The third-order valence-corrected chi connectivity index (χ3v) is 3.21. The highest BCUT2D eigenvalue weighted by Crippen LogP contribution is 2.26. The molecule has 0 unspecified atom stereocenters. The summed E-state index contributed by atoms with van der Waals surface area (Å²) in [5.41, 5.74) is 8.69. The minimum absolute atomic E-state index is 0.0376. The lowest BCUT2D eigenvalue weighted by Crippen LogP contribution is -2.05. The van der Waals surface area contributed by atoms with Crippen LogP contribution in [0.2, 0.25) is 0 Å². The lowest BCUT2D eigenvalue weighted by Gasteiger charge is -2.08. The summed E-state index contributed by atoms with van der Waals surface area (Å²) in [5, 5.41) is 17.0. The van der Waals surface area contributed by atoms with E-state index in [2.05, 4.69) is 17.2 Å². The van der Waals surface area contributed by atoms with Crippen molar-refractivity contribution < 1.29 is 9.90 Å². The number of hydrogen-bond donors (Lipinski definition) is 2. The molecular formula is C14H18N4O2. The molecule has 0 saturated heterocycles. The third kappa shape index (κ3) is 2.64. The van der Waals surface area contributed by atoms with Gasteiger partial charge in [0, 0.05) is 17.8 Å². The fourth-order valence-corrected chi connectivity index (χ4v) is 2.00. The Morgan fingerprint density at radius 3 is 2.80 bits per heavy atom. The van der Waals surface area contributed by atoms with Crippen LogP contribution >= 0.6 is 0 Å². The molecule has 0 fully saturated rings. The van der Waals surface area contributed by atoms with Gasteiger partial charge in [-0.05, 0) is 25.0 Å². The first-order valence-electron chi connectivity index (χ1n) is 6.57. The van der Waals surface area contributed by atoms with Crippen molar-refractivity contribution >= 4 is 11.7 Å². The Kier molecular flexibility index (Phi) is 4.02. The van der Waals surface area contributed by atoms with E-state index in [1.165, 1.54) is 0 Å². The van der Waals surface area contributed by atoms with E-state index in [1.807, 2.05) is 19.1 Å². The molecule has 2 aromatic rings. The van der Waals surface area contributed by atoms with Gasteiger partial charge in [0.25, 0.3) is 0 Å². The largest absolute Gasteiger partial charge is 0.476 e. The number of aromatic nitrogens is 3. The highest BCUT2D eigenvalue weighted by molar-refractivity contribution is 5.93. The topological polar surface area (TPSA) is 94.0 Å². The molecule has 2 rings (SSSR count). The first-order valence-corrected chi connectivity index (χ1v) is 6.57. The summed E-state index contributed by atoms with van der Waals surface area (Å²) in [5.74, 6) is -1.08. The van der Waals surface area contributed by atoms with Gasteiger partial charge in [-0.25, -0.2) is 9.48 Å². The highest BCUT2D eigenvalue weighted by atomic mass is 16.4. The number of aryl methyl sites for hydroxylation is 2. The monoisotopic (exact) mass is 274 g/mol. The Morgan fingerprint density at radius 1 is 1.45 bits per heavy atom. The highest BCUT2D eigenvalue weighted by Gasteiger charge is 2.20. The molecule has 0 saturated carbocycles. The van der Waals surface area contributed by atoms with Crippen molar-refractivity contribution in [3.8, 4) is 11.3 Å². The molecule has 1 aromatic carbocycles. The minimum Gasteiger partial charge on any atom is -0.476 e. The summed E-state index contributed by atoms with van der Waals surface area (Å²) in [4.78, 5) is 11.3. The molecule has 0 amide bonds. The number of benzene rings is 1. The van der Waals surface area contributed by atoms with Crippen molar-refractivity contribution in [1.82, 2.24) is 15.0 Å². The number of nitrogens with two attached hydrogens (primary N) is 1. The molecule has 106 valence electrons. The average Bonchev–Trinajstić information content (AvgIpc) is 2.83. The molecule has 0 atom stereocenters. The van der Waals surface area contributed by atoms with E-state index in [-0.39, 0.29) is 5.69 Å². The maximum atomic E-state index is 11.3. The number of hydrogen-bond acceptors (Lipinski definition) is 4. The fraction of sp³-hybridized carbons (Fsp3) is 0.357. The Labute approximate surface area is 117 Å². The van der Waals surface area contributed by atoms with Crippen LogP contribution in [0.4, 0.5) is 5.69 Å². The van der Waals surface area contributed by atoms with Gasteiger partial charge in [-0.1, -0.05) is 30.7 Å². The van der Waals surface area contributed by atoms with Crippen molar-refractivity contribution in [2.24, 2.45) is 0 Å². The molecule has 1 aromatic heterocycles. The van der Waals surface area contributed by atoms with Crippen LogP contribution in [-0.4, -0.2) is 26.1 Å². The summed E-state index contributed by atoms with van der Waals surface area (Å²) in [6.45, 7) is 4.61. The Balaban J connectivity index is 2.53. The van der Waals surface area contributed by atoms with Crippen LogP contribution in [0, 0.1) is 6.92 Å². The Morgan fingerprint density at radius 2 is 2.20 bits per heavy atom. The van der Waals surface area contributed by atoms with Crippen molar-refractivity contribution in [1.29, 1.82) is 0 Å². The zero-order valence-corrected chi connectivity index (χ0v) is 11.6. The Bertz CT molecular complexity index is 634. The number of anilines is 1. The van der Waals surface area contributed by atoms with Gasteiger partial charge >= 0.3 is 5.97 Å². The van der Waals surface area contributed by atoms with Crippen LogP contribution in [-0.2, 0) is 6.54 Å². The van der Waals surface area contributed by atoms with Crippen molar-refractivity contribution in [3.63, 3.8) is 0 Å². The molecule has 20 heavy (non-hydrogen) atoms. The molecule has 3 N–H and O–H groups in total. The molecule has 0 aliphatic heterocycles. The molecule has 1 heterocycles. The van der Waals surface area contributed by atoms with E-state index in [0.717, 1.165) is 24.0 Å². The normalized spacial score (nSPS) is 10.7. The predicted octanol–water partition coefficient (Wildman–Crippen LogP) is 2.33. The molecule has 0 bridgehead atoms. The average molecular weight is 274 g/mol. The van der Waals surface area contributed by atoms with Gasteiger partial charge in [0.1, 0.15) is 5.69 Å². The fourth-order valence-electron chi connectivity index (χ4n) is 2.00. The first kappa shape index (κ1) is 14.0. The van der Waals surface area contributed by atoms with Gasteiger partial charge < -0.3 is 10.8 Å². The number of nitrogens with zero attached hydrogens (tertiary/aromatic N) is 3. The van der Waals surface area contributed by atoms with Crippen LogP contribution in [0.5, 0.6) is 0 Å². The maximum Gasteiger partial charge on any atom is 0.358 e. The number of rotatable bonds is 5. The van der Waals surface area contributed by atoms with Gasteiger partial charge in [0.05, 0.1) is 0 Å². The zero-order valence-electron chi connectivity index (χ0n) is 11.6. The van der Waals surface area contributed by atoms with Crippen LogP contribution in [0.1, 0.15) is 35.8 Å². The molecule has 6 nitrogen and oxygen atoms in total. The second-order valence-electron chi connectivity index (χ2n) is 4.74. The molecule has 6 heteroatoms. The number of unbranched alkanes of at least 4 members (excludes halogenated alkanes) is 1. The van der Waals surface area contributed by atoms with Crippen molar-refractivity contribution in [3.05, 3.63) is 29.5 Å². The minimum atomic E-state index is -1.08. The Hall–Kier alpha value is -2.37. The molecular weight excluding hydrogens is 256 g/mol. The van der Waals surface area contributed by atoms with Crippen molar-refractivity contribution in [2.45, 2.75) is 33.2 Å².